The summed E-state index contributed by atoms with van der Waals surface area (Å²) in [4.78, 5) is 35.6. The first-order valence-corrected chi connectivity index (χ1v) is 20.4. The quantitative estimate of drug-likeness (QED) is 0.0545. The van der Waals surface area contributed by atoms with Crippen molar-refractivity contribution in [2.75, 3.05) is 13.2 Å². The number of aliphatic imine (C=N–C) groups is 1. The largest absolute Gasteiger partial charge is 0.494 e. The number of thiazole rings is 1. The summed E-state index contributed by atoms with van der Waals surface area (Å²) >= 11 is 1.37. The summed E-state index contributed by atoms with van der Waals surface area (Å²) in [6, 6.07) is 11.9. The van der Waals surface area contributed by atoms with E-state index >= 15 is 0 Å². The number of hydrogen-bond acceptors (Lipinski definition) is 12. The molecule has 0 spiro atoms. The molecule has 57 heavy (non-hydrogen) atoms. The van der Waals surface area contributed by atoms with Crippen molar-refractivity contribution >= 4 is 39.3 Å². The van der Waals surface area contributed by atoms with E-state index in [0.29, 0.717) is 56.0 Å². The summed E-state index contributed by atoms with van der Waals surface area (Å²) in [5.41, 5.74) is 13.7. The fourth-order valence-electron chi connectivity index (χ4n) is 7.50. The zero-order valence-electron chi connectivity index (χ0n) is 32.1. The molecule has 0 fully saturated rings. The first-order chi connectivity index (χ1) is 27.5. The van der Waals surface area contributed by atoms with Crippen molar-refractivity contribution in [1.82, 2.24) is 31.6 Å². The zero-order valence-corrected chi connectivity index (χ0v) is 32.9. The Balaban J connectivity index is 1.27. The first-order valence-electron chi connectivity index (χ1n) is 19.6. The highest BCUT2D eigenvalue weighted by Crippen LogP contribution is 2.31. The van der Waals surface area contributed by atoms with Gasteiger partial charge in [0.15, 0.2) is 5.96 Å². The lowest BCUT2D eigenvalue weighted by molar-refractivity contribution is -0.126. The average Bonchev–Trinajstić information content (AvgIpc) is 3.82. The standard InChI is InChI=1S/C41H55N9O6S/c1-24(51)46-33-21-25-15-17-27(18-16-25)56-20-7-6-12-32(48-39(55)34(49-38(33)54)22-26-23-45-29-10-3-2-9-28(26)29)37(53)47-31(13-8-19-44-41(42)43)36(52)40-50-30-11-4-5-14-35(30)57-40/h2-5,9-11,14-18,23,28-29,31-34,36-38,45,47,49,52-54H,6-8,12-13,19-22H2,1H3,(H,46,51)(H,48,55)(H4,42,43,44)/t28?,29?,31-,32-,33-,34-,36?,37?,38?/m0/s1. The predicted molar refractivity (Wildman–Crippen MR) is 221 cm³/mol. The summed E-state index contributed by atoms with van der Waals surface area (Å²) in [5.74, 6) is -0.111. The lowest BCUT2D eigenvalue weighted by Crippen LogP contribution is -2.60. The highest BCUT2D eigenvalue weighted by atomic mass is 32.1. The number of nitrogens with zero attached hydrogens (tertiary/aromatic N) is 2. The van der Waals surface area contributed by atoms with Gasteiger partial charge in [0, 0.05) is 25.4 Å². The Hall–Kier alpha value is -4.84. The fourth-order valence-corrected chi connectivity index (χ4v) is 8.52. The maximum Gasteiger partial charge on any atom is 0.237 e. The number of nitrogens with two attached hydrogens (primary N) is 2. The molecule has 12 N–H and O–H groups in total. The van der Waals surface area contributed by atoms with Gasteiger partial charge < -0.3 is 47.5 Å². The molecule has 15 nitrogen and oxygen atoms in total. The molecule has 4 aliphatic rings. The molecule has 1 aliphatic carbocycles. The van der Waals surface area contributed by atoms with E-state index in [0.717, 1.165) is 21.4 Å². The molecule has 16 heteroatoms. The molecule has 0 radical (unpaired) electrons. The number of benzene rings is 2. The van der Waals surface area contributed by atoms with Crippen molar-refractivity contribution in [3.8, 4) is 5.75 Å². The van der Waals surface area contributed by atoms with E-state index in [4.69, 9.17) is 16.2 Å². The number of aromatic nitrogens is 1. The minimum atomic E-state index is -1.32. The highest BCUT2D eigenvalue weighted by Gasteiger charge is 2.35. The molecule has 0 saturated carbocycles. The summed E-state index contributed by atoms with van der Waals surface area (Å²) in [6.07, 6.45) is 9.30. The number of aliphatic hydroxyl groups excluding tert-OH is 3. The van der Waals surface area contributed by atoms with E-state index in [1.54, 1.807) is 0 Å². The van der Waals surface area contributed by atoms with E-state index in [1.165, 1.54) is 18.3 Å². The number of rotatable bonds is 12. The van der Waals surface area contributed by atoms with Crippen molar-refractivity contribution in [3.05, 3.63) is 95.2 Å². The van der Waals surface area contributed by atoms with Crippen LogP contribution in [0.4, 0.5) is 0 Å². The van der Waals surface area contributed by atoms with Crippen molar-refractivity contribution < 1.29 is 29.6 Å². The van der Waals surface area contributed by atoms with Crippen molar-refractivity contribution in [3.63, 3.8) is 0 Å². The third-order valence-corrected chi connectivity index (χ3v) is 11.6. The normalized spacial score (nSPS) is 25.5. The molecule has 2 amide bonds. The average molecular weight is 802 g/mol. The van der Waals surface area contributed by atoms with Gasteiger partial charge in [-0.3, -0.25) is 25.2 Å². The van der Waals surface area contributed by atoms with Crippen LogP contribution in [0.25, 0.3) is 10.2 Å². The summed E-state index contributed by atoms with van der Waals surface area (Å²) in [6.45, 7) is 2.12. The van der Waals surface area contributed by atoms with Gasteiger partial charge in [0.25, 0.3) is 0 Å². The predicted octanol–water partition coefficient (Wildman–Crippen LogP) is 1.72. The van der Waals surface area contributed by atoms with Gasteiger partial charge in [-0.05, 0) is 86.5 Å². The summed E-state index contributed by atoms with van der Waals surface area (Å²) in [5, 5.41) is 51.5. The Kier molecular flexibility index (Phi) is 14.7. The van der Waals surface area contributed by atoms with Crippen molar-refractivity contribution in [2.45, 2.75) is 101 Å². The molecule has 306 valence electrons. The number of fused-ring (bicyclic) bond motifs is 16. The molecule has 5 unspecified atom stereocenters. The lowest BCUT2D eigenvalue weighted by Gasteiger charge is -2.33. The topological polar surface area (TPSA) is 242 Å². The van der Waals surface area contributed by atoms with E-state index < -0.39 is 48.6 Å². The monoisotopic (exact) mass is 801 g/mol. The Morgan fingerprint density at radius 1 is 1.11 bits per heavy atom. The third-order valence-electron chi connectivity index (χ3n) is 10.5. The summed E-state index contributed by atoms with van der Waals surface area (Å²) < 4.78 is 6.92. The van der Waals surface area contributed by atoms with E-state index in [9.17, 15) is 24.9 Å². The maximum absolute atomic E-state index is 14.5. The second-order valence-electron chi connectivity index (χ2n) is 14.8. The minimum Gasteiger partial charge on any atom is -0.494 e. The van der Waals surface area contributed by atoms with Gasteiger partial charge in [-0.25, -0.2) is 4.98 Å². The second-order valence-corrected chi connectivity index (χ2v) is 15.9. The van der Waals surface area contributed by atoms with Crippen molar-refractivity contribution in [2.24, 2.45) is 22.4 Å². The maximum atomic E-state index is 14.5. The highest BCUT2D eigenvalue weighted by molar-refractivity contribution is 7.18. The summed E-state index contributed by atoms with van der Waals surface area (Å²) in [7, 11) is 0. The van der Waals surface area contributed by atoms with Crippen LogP contribution >= 0.6 is 11.3 Å². The second kappa shape index (κ2) is 20.0. The molecule has 0 saturated heterocycles. The van der Waals surface area contributed by atoms with Gasteiger partial charge >= 0.3 is 0 Å². The van der Waals surface area contributed by atoms with Gasteiger partial charge in [-0.2, -0.15) is 0 Å². The van der Waals surface area contributed by atoms with Crippen LogP contribution < -0.4 is 42.8 Å². The molecule has 4 heterocycles. The van der Waals surface area contributed by atoms with Gasteiger partial charge in [-0.1, -0.05) is 48.6 Å². The van der Waals surface area contributed by atoms with Crippen molar-refractivity contribution in [1.29, 1.82) is 0 Å². The van der Waals surface area contributed by atoms with Crippen LogP contribution in [0, 0.1) is 5.92 Å². The third kappa shape index (κ3) is 11.6. The molecular weight excluding hydrogens is 747 g/mol. The number of para-hydroxylation sites is 1. The van der Waals surface area contributed by atoms with Gasteiger partial charge in [0.2, 0.25) is 11.8 Å². The number of allylic oxidation sites excluding steroid dienone is 2. The number of hydrogen-bond donors (Lipinski definition) is 10. The van der Waals surface area contributed by atoms with Gasteiger partial charge in [-0.15, -0.1) is 11.3 Å². The number of ether oxygens (including phenoxy) is 1. The number of aliphatic hydroxyl groups is 3. The molecule has 3 aliphatic heterocycles. The van der Waals surface area contributed by atoms with E-state index in [-0.39, 0.29) is 36.7 Å². The Morgan fingerprint density at radius 2 is 1.89 bits per heavy atom. The number of amides is 2. The van der Waals surface area contributed by atoms with Crippen LogP contribution in [-0.2, 0) is 16.0 Å². The number of guanidine groups is 1. The minimum absolute atomic E-state index is 0.0160. The van der Waals surface area contributed by atoms with Crippen LogP contribution in [0.5, 0.6) is 5.75 Å². The fraction of sp³-hybridized carbons (Fsp3) is 0.463. The van der Waals surface area contributed by atoms with Crippen LogP contribution in [0.2, 0.25) is 0 Å². The molecular formula is C41H55N9O6S. The molecule has 7 rings (SSSR count). The van der Waals surface area contributed by atoms with Crippen LogP contribution in [-0.4, -0.2) is 93.9 Å². The van der Waals surface area contributed by atoms with E-state index in [2.05, 4.69) is 48.7 Å². The zero-order chi connectivity index (χ0) is 40.3. The number of carbonyl (C=O) groups is 2. The number of carbonyl (C=O) groups excluding carboxylic acids is 2. The van der Waals surface area contributed by atoms with Gasteiger partial charge in [0.05, 0.1) is 41.0 Å². The molecule has 9 atom stereocenters. The van der Waals surface area contributed by atoms with E-state index in [1.807, 2.05) is 66.9 Å². The molecule has 2 bridgehead atoms. The van der Waals surface area contributed by atoms with Crippen LogP contribution in [0.1, 0.15) is 62.1 Å². The lowest BCUT2D eigenvalue weighted by atomic mass is 9.87. The van der Waals surface area contributed by atoms with Gasteiger partial charge in [0.1, 0.15) is 29.3 Å². The Bertz CT molecular complexity index is 1900. The Labute approximate surface area is 336 Å². The van der Waals surface area contributed by atoms with Crippen LogP contribution in [0.15, 0.2) is 89.6 Å². The smallest absolute Gasteiger partial charge is 0.237 e. The molecule has 1 aromatic heterocycles. The Morgan fingerprint density at radius 3 is 2.67 bits per heavy atom. The number of nitrogens with one attached hydrogen (secondary N) is 5. The first kappa shape index (κ1) is 41.8. The SMILES string of the molecule is CC(=O)N[C@H]1Cc2ccc(cc2)OCCCC[C@@H](C(O)N[C@@H](CCCN=C(N)N)C(O)c2nc3ccccc3s2)NC(=O)[C@H](CC2=CNC3C=CC=CC23)NC1O. The molecule has 2 aromatic carbocycles. The molecule has 3 aromatic rings. The van der Waals surface area contributed by atoms with Crippen LogP contribution in [0.3, 0.4) is 0 Å².